The van der Waals surface area contributed by atoms with Crippen molar-refractivity contribution in [2.45, 2.75) is 6.92 Å². The second kappa shape index (κ2) is 6.74. The van der Waals surface area contributed by atoms with Gasteiger partial charge < -0.3 is 4.90 Å². The van der Waals surface area contributed by atoms with Gasteiger partial charge in [0.15, 0.2) is 0 Å². The standard InChI is InChI=1S/C19H22N6/c1-14-4-3-7-20-18(14)15-5-6-17-16(12-15)13-21-19(22-17)23-25-10-8-24(2)9-11-25/h3-7,12-13H,8-11H2,1-2H3,(H,21,22,23). The number of hydrogen-bond donors (Lipinski definition) is 1. The lowest BCUT2D eigenvalue weighted by Crippen LogP contribution is -2.47. The Morgan fingerprint density at radius 3 is 2.68 bits per heavy atom. The fraction of sp³-hybridized carbons (Fsp3) is 0.316. The van der Waals surface area contributed by atoms with Gasteiger partial charge in [0.1, 0.15) is 0 Å². The van der Waals surface area contributed by atoms with Gasteiger partial charge in [-0.3, -0.25) is 10.4 Å². The van der Waals surface area contributed by atoms with Crippen LogP contribution in [0.15, 0.2) is 42.7 Å². The molecule has 0 unspecified atom stereocenters. The van der Waals surface area contributed by atoms with Gasteiger partial charge in [-0.15, -0.1) is 0 Å². The first-order valence-electron chi connectivity index (χ1n) is 8.58. The van der Waals surface area contributed by atoms with Crippen molar-refractivity contribution in [1.82, 2.24) is 24.9 Å². The van der Waals surface area contributed by atoms with Crippen LogP contribution in [0.25, 0.3) is 22.2 Å². The van der Waals surface area contributed by atoms with Crippen LogP contribution in [0.2, 0.25) is 0 Å². The van der Waals surface area contributed by atoms with E-state index in [1.807, 2.05) is 24.5 Å². The van der Waals surface area contributed by atoms with Crippen LogP contribution in [0.4, 0.5) is 5.95 Å². The summed E-state index contributed by atoms with van der Waals surface area (Å²) in [6, 6.07) is 10.2. The third kappa shape index (κ3) is 3.45. The van der Waals surface area contributed by atoms with E-state index in [2.05, 4.69) is 62.5 Å². The minimum Gasteiger partial charge on any atom is -0.304 e. The van der Waals surface area contributed by atoms with Crippen LogP contribution in [-0.2, 0) is 0 Å². The summed E-state index contributed by atoms with van der Waals surface area (Å²) < 4.78 is 0. The molecular formula is C19H22N6. The molecule has 3 aromatic rings. The lowest BCUT2D eigenvalue weighted by molar-refractivity contribution is 0.178. The maximum absolute atomic E-state index is 4.65. The maximum atomic E-state index is 4.65. The van der Waals surface area contributed by atoms with E-state index in [0.717, 1.165) is 53.9 Å². The minimum absolute atomic E-state index is 0.652. The van der Waals surface area contributed by atoms with Crippen molar-refractivity contribution in [3.8, 4) is 11.3 Å². The summed E-state index contributed by atoms with van der Waals surface area (Å²) in [7, 11) is 2.14. The number of benzene rings is 1. The molecule has 1 fully saturated rings. The number of rotatable bonds is 3. The van der Waals surface area contributed by atoms with E-state index < -0.39 is 0 Å². The van der Waals surface area contributed by atoms with Gasteiger partial charge in [0.2, 0.25) is 5.95 Å². The van der Waals surface area contributed by atoms with Gasteiger partial charge >= 0.3 is 0 Å². The molecule has 0 bridgehead atoms. The average molecular weight is 334 g/mol. The number of nitrogens with zero attached hydrogens (tertiary/aromatic N) is 5. The highest BCUT2D eigenvalue weighted by atomic mass is 15.5. The first-order chi connectivity index (χ1) is 12.2. The number of hydrogen-bond acceptors (Lipinski definition) is 6. The Bertz CT molecular complexity index is 886. The Hall–Kier alpha value is -2.57. The molecule has 0 aliphatic carbocycles. The van der Waals surface area contributed by atoms with Crippen LogP contribution in [0.3, 0.4) is 0 Å². The zero-order valence-electron chi connectivity index (χ0n) is 14.6. The molecule has 1 N–H and O–H groups in total. The summed E-state index contributed by atoms with van der Waals surface area (Å²) in [6.45, 7) is 6.11. The number of likely N-dealkylation sites (N-methyl/N-ethyl adjacent to an activating group) is 1. The third-order valence-electron chi connectivity index (χ3n) is 4.62. The molecule has 0 spiro atoms. The lowest BCUT2D eigenvalue weighted by atomic mass is 10.1. The van der Waals surface area contributed by atoms with Gasteiger partial charge in [0.05, 0.1) is 11.2 Å². The molecule has 0 saturated carbocycles. The van der Waals surface area contributed by atoms with Crippen molar-refractivity contribution >= 4 is 16.9 Å². The van der Waals surface area contributed by atoms with Crippen LogP contribution in [0.1, 0.15) is 5.56 Å². The summed E-state index contributed by atoms with van der Waals surface area (Å²) in [4.78, 5) is 15.9. The molecular weight excluding hydrogens is 312 g/mol. The Morgan fingerprint density at radius 2 is 1.88 bits per heavy atom. The predicted octanol–water partition coefficient (Wildman–Crippen LogP) is 2.57. The van der Waals surface area contributed by atoms with E-state index >= 15 is 0 Å². The highest BCUT2D eigenvalue weighted by molar-refractivity contribution is 5.84. The van der Waals surface area contributed by atoms with Crippen LogP contribution < -0.4 is 5.43 Å². The van der Waals surface area contributed by atoms with Gasteiger partial charge in [-0.25, -0.2) is 15.0 Å². The van der Waals surface area contributed by atoms with Crippen LogP contribution in [0.5, 0.6) is 0 Å². The molecule has 3 heterocycles. The average Bonchev–Trinajstić information content (AvgIpc) is 2.64. The molecule has 6 nitrogen and oxygen atoms in total. The quantitative estimate of drug-likeness (QED) is 0.794. The van der Waals surface area contributed by atoms with Crippen molar-refractivity contribution in [2.24, 2.45) is 0 Å². The SMILES string of the molecule is Cc1cccnc1-c1ccc2nc(NN3CCN(C)CC3)ncc2c1. The second-order valence-corrected chi connectivity index (χ2v) is 6.54. The smallest absolute Gasteiger partial charge is 0.238 e. The summed E-state index contributed by atoms with van der Waals surface area (Å²) in [5, 5.41) is 3.19. The first kappa shape index (κ1) is 15.9. The predicted molar refractivity (Wildman–Crippen MR) is 100 cm³/mol. The van der Waals surface area contributed by atoms with Crippen LogP contribution in [-0.4, -0.2) is 58.1 Å². The number of aromatic nitrogens is 3. The zero-order chi connectivity index (χ0) is 17.2. The van der Waals surface area contributed by atoms with E-state index in [0.29, 0.717) is 5.95 Å². The van der Waals surface area contributed by atoms with E-state index in [1.165, 1.54) is 0 Å². The van der Waals surface area contributed by atoms with Crippen molar-refractivity contribution in [3.05, 3.63) is 48.3 Å². The van der Waals surface area contributed by atoms with Gasteiger partial charge in [0, 0.05) is 49.5 Å². The number of nitrogens with one attached hydrogen (secondary N) is 1. The van der Waals surface area contributed by atoms with E-state index in [1.54, 1.807) is 0 Å². The molecule has 6 heteroatoms. The van der Waals surface area contributed by atoms with Crippen molar-refractivity contribution in [2.75, 3.05) is 38.7 Å². The molecule has 4 rings (SSSR count). The Morgan fingerprint density at radius 1 is 1.04 bits per heavy atom. The van der Waals surface area contributed by atoms with E-state index in [9.17, 15) is 0 Å². The highest BCUT2D eigenvalue weighted by Gasteiger charge is 2.14. The highest BCUT2D eigenvalue weighted by Crippen LogP contribution is 2.24. The molecule has 1 aliphatic heterocycles. The molecule has 1 aromatic carbocycles. The monoisotopic (exact) mass is 334 g/mol. The molecule has 25 heavy (non-hydrogen) atoms. The van der Waals surface area contributed by atoms with Crippen LogP contribution in [0, 0.1) is 6.92 Å². The maximum Gasteiger partial charge on any atom is 0.238 e. The molecule has 1 saturated heterocycles. The second-order valence-electron chi connectivity index (χ2n) is 6.54. The Labute approximate surface area is 147 Å². The topological polar surface area (TPSA) is 57.2 Å². The number of aryl methyl sites for hydroxylation is 1. The molecule has 0 atom stereocenters. The zero-order valence-corrected chi connectivity index (χ0v) is 14.6. The van der Waals surface area contributed by atoms with Crippen LogP contribution >= 0.6 is 0 Å². The number of piperazine rings is 1. The number of anilines is 1. The fourth-order valence-corrected chi connectivity index (χ4v) is 3.08. The summed E-state index contributed by atoms with van der Waals surface area (Å²) in [5.74, 6) is 0.652. The normalized spacial score (nSPS) is 16.2. The van der Waals surface area contributed by atoms with Gasteiger partial charge in [0.25, 0.3) is 0 Å². The molecule has 128 valence electrons. The summed E-state index contributed by atoms with van der Waals surface area (Å²) >= 11 is 0. The molecule has 0 radical (unpaired) electrons. The van der Waals surface area contributed by atoms with Crippen molar-refractivity contribution in [1.29, 1.82) is 0 Å². The Kier molecular flexibility index (Phi) is 4.29. The largest absolute Gasteiger partial charge is 0.304 e. The molecule has 0 amide bonds. The number of hydrazine groups is 1. The lowest BCUT2D eigenvalue weighted by Gasteiger charge is -2.32. The first-order valence-corrected chi connectivity index (χ1v) is 8.58. The molecule has 1 aliphatic rings. The third-order valence-corrected chi connectivity index (χ3v) is 4.62. The fourth-order valence-electron chi connectivity index (χ4n) is 3.08. The van der Waals surface area contributed by atoms with Crippen molar-refractivity contribution in [3.63, 3.8) is 0 Å². The van der Waals surface area contributed by atoms with Gasteiger partial charge in [-0.05, 0) is 37.7 Å². The minimum atomic E-state index is 0.652. The number of fused-ring (bicyclic) bond motifs is 1. The summed E-state index contributed by atoms with van der Waals surface area (Å²) in [6.07, 6.45) is 3.70. The Balaban J connectivity index is 1.58. The van der Waals surface area contributed by atoms with E-state index in [-0.39, 0.29) is 0 Å². The van der Waals surface area contributed by atoms with Crippen molar-refractivity contribution < 1.29 is 0 Å². The molecule has 2 aromatic heterocycles. The van der Waals surface area contributed by atoms with Gasteiger partial charge in [-0.2, -0.15) is 0 Å². The van der Waals surface area contributed by atoms with Gasteiger partial charge in [-0.1, -0.05) is 12.1 Å². The summed E-state index contributed by atoms with van der Waals surface area (Å²) in [5.41, 5.74) is 7.51. The number of pyridine rings is 1. The van der Waals surface area contributed by atoms with E-state index in [4.69, 9.17) is 0 Å².